The molecule has 4 amide bonds. The Bertz CT molecular complexity index is 998. The molecule has 4 rings (SSSR count). The van der Waals surface area contributed by atoms with Crippen molar-refractivity contribution in [2.24, 2.45) is 0 Å². The fourth-order valence-corrected chi connectivity index (χ4v) is 4.48. The number of nitrogens with one attached hydrogen (secondary N) is 2. The first-order valence-electron chi connectivity index (χ1n) is 9.86. The normalized spacial score (nSPS) is 18.5. The first-order chi connectivity index (χ1) is 14.4. The summed E-state index contributed by atoms with van der Waals surface area (Å²) in [7, 11) is 1.65. The van der Waals surface area contributed by atoms with Crippen LogP contribution in [0.15, 0.2) is 53.0 Å². The van der Waals surface area contributed by atoms with Crippen molar-refractivity contribution < 1.29 is 14.4 Å². The Morgan fingerprint density at radius 2 is 2.00 bits per heavy atom. The Morgan fingerprint density at radius 1 is 1.23 bits per heavy atom. The standard InChI is InChI=1S/C22H24N4O3S/c1-14-5-7-15(8-6-14)20-19-17(25(2)22(29)24-20)12-26(21(19)28)13-18(27)23-10-9-16-4-3-11-30-16/h3-8,11,20H,9-10,12-13H2,1-2H3,(H,23,27)(H,24,29). The van der Waals surface area contributed by atoms with Gasteiger partial charge in [0, 0.05) is 18.5 Å². The Labute approximate surface area is 179 Å². The number of benzene rings is 1. The third-order valence-corrected chi connectivity index (χ3v) is 6.39. The van der Waals surface area contributed by atoms with Crippen LogP contribution in [-0.2, 0) is 16.0 Å². The van der Waals surface area contributed by atoms with Crippen molar-refractivity contribution in [1.82, 2.24) is 20.4 Å². The van der Waals surface area contributed by atoms with Crippen LogP contribution in [0.5, 0.6) is 0 Å². The topological polar surface area (TPSA) is 81.8 Å². The first kappa shape index (κ1) is 20.2. The third-order valence-electron chi connectivity index (χ3n) is 5.45. The van der Waals surface area contributed by atoms with Crippen LogP contribution in [0, 0.1) is 6.92 Å². The Kier molecular flexibility index (Phi) is 5.59. The minimum absolute atomic E-state index is 0.0288. The molecule has 0 saturated carbocycles. The maximum absolute atomic E-state index is 13.2. The molecule has 0 bridgehead atoms. The molecule has 3 heterocycles. The lowest BCUT2D eigenvalue weighted by atomic mass is 9.95. The predicted octanol–water partition coefficient (Wildman–Crippen LogP) is 2.21. The smallest absolute Gasteiger partial charge is 0.322 e. The minimum Gasteiger partial charge on any atom is -0.354 e. The Balaban J connectivity index is 1.45. The van der Waals surface area contributed by atoms with Gasteiger partial charge in [-0.25, -0.2) is 4.79 Å². The van der Waals surface area contributed by atoms with Gasteiger partial charge in [-0.05, 0) is 30.4 Å². The zero-order valence-electron chi connectivity index (χ0n) is 17.0. The van der Waals surface area contributed by atoms with Crippen LogP contribution in [0.2, 0.25) is 0 Å². The van der Waals surface area contributed by atoms with Gasteiger partial charge < -0.3 is 15.5 Å². The number of aryl methyl sites for hydroxylation is 1. The highest BCUT2D eigenvalue weighted by molar-refractivity contribution is 7.09. The predicted molar refractivity (Wildman–Crippen MR) is 115 cm³/mol. The third kappa shape index (κ3) is 3.95. The van der Waals surface area contributed by atoms with Gasteiger partial charge in [0.05, 0.1) is 23.9 Å². The molecule has 2 aliphatic rings. The number of amides is 4. The molecule has 30 heavy (non-hydrogen) atoms. The second-order valence-electron chi connectivity index (χ2n) is 7.55. The van der Waals surface area contributed by atoms with Gasteiger partial charge in [-0.2, -0.15) is 0 Å². The van der Waals surface area contributed by atoms with Crippen LogP contribution in [0.4, 0.5) is 4.79 Å². The van der Waals surface area contributed by atoms with E-state index >= 15 is 0 Å². The van der Waals surface area contributed by atoms with E-state index in [4.69, 9.17) is 0 Å². The molecule has 0 radical (unpaired) electrons. The maximum Gasteiger partial charge on any atom is 0.322 e. The van der Waals surface area contributed by atoms with Crippen LogP contribution in [0.25, 0.3) is 0 Å². The summed E-state index contributed by atoms with van der Waals surface area (Å²) in [5.41, 5.74) is 3.14. The van der Waals surface area contributed by atoms with Crippen LogP contribution >= 0.6 is 11.3 Å². The number of likely N-dealkylation sites (N-methyl/N-ethyl adjacent to an activating group) is 1. The van der Waals surface area contributed by atoms with Crippen molar-refractivity contribution in [2.45, 2.75) is 19.4 Å². The van der Waals surface area contributed by atoms with Crippen molar-refractivity contribution in [3.8, 4) is 0 Å². The lowest BCUT2D eigenvalue weighted by Crippen LogP contribution is -2.45. The van der Waals surface area contributed by atoms with E-state index in [9.17, 15) is 14.4 Å². The average Bonchev–Trinajstić information content (AvgIpc) is 3.34. The fraction of sp³-hybridized carbons (Fsp3) is 0.318. The highest BCUT2D eigenvalue weighted by Gasteiger charge is 2.43. The summed E-state index contributed by atoms with van der Waals surface area (Å²) < 4.78 is 0. The summed E-state index contributed by atoms with van der Waals surface area (Å²) in [6.45, 7) is 2.74. The minimum atomic E-state index is -0.510. The number of carbonyl (C=O) groups excluding carboxylic acids is 3. The van der Waals surface area contributed by atoms with E-state index in [1.807, 2.05) is 48.7 Å². The van der Waals surface area contributed by atoms with Gasteiger partial charge in [0.1, 0.15) is 6.54 Å². The van der Waals surface area contributed by atoms with Gasteiger partial charge in [0.15, 0.2) is 0 Å². The van der Waals surface area contributed by atoms with Gasteiger partial charge >= 0.3 is 6.03 Å². The molecule has 156 valence electrons. The summed E-state index contributed by atoms with van der Waals surface area (Å²) in [5, 5.41) is 7.79. The van der Waals surface area contributed by atoms with Crippen molar-refractivity contribution in [3.05, 3.63) is 69.1 Å². The summed E-state index contributed by atoms with van der Waals surface area (Å²) in [6.07, 6.45) is 0.767. The summed E-state index contributed by atoms with van der Waals surface area (Å²) in [4.78, 5) is 42.2. The lowest BCUT2D eigenvalue weighted by molar-refractivity contribution is -0.131. The second kappa shape index (κ2) is 8.31. The van der Waals surface area contributed by atoms with E-state index in [-0.39, 0.29) is 30.9 Å². The molecule has 2 aliphatic heterocycles. The van der Waals surface area contributed by atoms with Gasteiger partial charge in [-0.3, -0.25) is 14.5 Å². The summed E-state index contributed by atoms with van der Waals surface area (Å²) in [5.74, 6) is -0.413. The largest absolute Gasteiger partial charge is 0.354 e. The van der Waals surface area contributed by atoms with Crippen LogP contribution in [-0.4, -0.2) is 54.3 Å². The molecule has 2 aromatic rings. The van der Waals surface area contributed by atoms with Gasteiger partial charge in [-0.1, -0.05) is 35.9 Å². The molecule has 1 unspecified atom stereocenters. The number of hydrogen-bond donors (Lipinski definition) is 2. The van der Waals surface area contributed by atoms with E-state index in [1.165, 1.54) is 14.7 Å². The summed E-state index contributed by atoms with van der Waals surface area (Å²) in [6, 6.07) is 11.0. The van der Waals surface area contributed by atoms with Crippen molar-refractivity contribution in [1.29, 1.82) is 0 Å². The van der Waals surface area contributed by atoms with Gasteiger partial charge in [0.25, 0.3) is 5.91 Å². The molecular weight excluding hydrogens is 400 g/mol. The lowest BCUT2D eigenvalue weighted by Gasteiger charge is -2.31. The fourth-order valence-electron chi connectivity index (χ4n) is 3.77. The Hall–Kier alpha value is -3.13. The summed E-state index contributed by atoms with van der Waals surface area (Å²) >= 11 is 1.65. The average molecular weight is 425 g/mol. The SMILES string of the molecule is Cc1ccc(C2NC(=O)N(C)C3=C2C(=O)N(CC(=O)NCCc2cccs2)C3)cc1. The molecule has 0 aliphatic carbocycles. The molecular formula is C22H24N4O3S. The molecule has 2 N–H and O–H groups in total. The number of carbonyl (C=O) groups is 3. The molecule has 0 fully saturated rings. The van der Waals surface area contributed by atoms with E-state index in [1.54, 1.807) is 18.4 Å². The molecule has 0 spiro atoms. The number of rotatable bonds is 6. The Morgan fingerprint density at radius 3 is 2.70 bits per heavy atom. The van der Waals surface area contributed by atoms with Crippen LogP contribution < -0.4 is 10.6 Å². The zero-order chi connectivity index (χ0) is 21.3. The van der Waals surface area contributed by atoms with Gasteiger partial charge in [-0.15, -0.1) is 11.3 Å². The molecule has 1 aromatic carbocycles. The maximum atomic E-state index is 13.2. The number of urea groups is 1. The second-order valence-corrected chi connectivity index (χ2v) is 8.59. The van der Waals surface area contributed by atoms with Crippen LogP contribution in [0.1, 0.15) is 22.0 Å². The highest BCUT2D eigenvalue weighted by atomic mass is 32.1. The number of hydrogen-bond acceptors (Lipinski definition) is 4. The highest BCUT2D eigenvalue weighted by Crippen LogP contribution is 2.35. The van der Waals surface area contributed by atoms with Crippen LogP contribution in [0.3, 0.4) is 0 Å². The van der Waals surface area contributed by atoms with E-state index < -0.39 is 6.04 Å². The first-order valence-corrected chi connectivity index (χ1v) is 10.7. The van der Waals surface area contributed by atoms with E-state index in [2.05, 4.69) is 10.6 Å². The van der Waals surface area contributed by atoms with Crippen molar-refractivity contribution in [3.63, 3.8) is 0 Å². The molecule has 8 heteroatoms. The molecule has 1 atom stereocenters. The monoisotopic (exact) mass is 424 g/mol. The van der Waals surface area contributed by atoms with Gasteiger partial charge in [0.2, 0.25) is 5.91 Å². The molecule has 7 nitrogen and oxygen atoms in total. The van der Waals surface area contributed by atoms with Crippen molar-refractivity contribution in [2.75, 3.05) is 26.7 Å². The number of thiophene rings is 1. The molecule has 0 saturated heterocycles. The van der Waals surface area contributed by atoms with E-state index in [0.29, 0.717) is 17.8 Å². The number of nitrogens with zero attached hydrogens (tertiary/aromatic N) is 2. The quantitative estimate of drug-likeness (QED) is 0.746. The van der Waals surface area contributed by atoms with E-state index in [0.717, 1.165) is 17.5 Å². The van der Waals surface area contributed by atoms with Crippen molar-refractivity contribution >= 4 is 29.2 Å². The zero-order valence-corrected chi connectivity index (χ0v) is 17.8. The molecule has 1 aromatic heterocycles.